The fourth-order valence-corrected chi connectivity index (χ4v) is 4.65. The van der Waals surface area contributed by atoms with Crippen LogP contribution in [0.3, 0.4) is 0 Å². The second-order valence-electron chi connectivity index (χ2n) is 9.74. The first-order valence-electron chi connectivity index (χ1n) is 13.2. The number of rotatable bonds is 11. The number of halogens is 5. The summed E-state index contributed by atoms with van der Waals surface area (Å²) in [7, 11) is 0. The molecule has 0 amide bonds. The van der Waals surface area contributed by atoms with Crippen molar-refractivity contribution in [3.05, 3.63) is 82.4 Å². The Morgan fingerprint density at radius 3 is 2.34 bits per heavy atom. The number of hydrogen-bond acceptors (Lipinski definition) is 3. The van der Waals surface area contributed by atoms with Crippen molar-refractivity contribution in [3.8, 4) is 0 Å². The van der Waals surface area contributed by atoms with Gasteiger partial charge in [0.15, 0.2) is 6.29 Å². The van der Waals surface area contributed by atoms with Crippen LogP contribution in [-0.4, -0.2) is 25.9 Å². The first-order valence-corrected chi connectivity index (χ1v) is 13.2. The Balaban J connectivity index is 1.32. The van der Waals surface area contributed by atoms with E-state index in [-0.39, 0.29) is 18.9 Å². The lowest BCUT2D eigenvalue weighted by molar-refractivity contribution is -0.230. The molecular formula is C30H33F5O3. The van der Waals surface area contributed by atoms with Gasteiger partial charge in [0.25, 0.3) is 0 Å². The lowest BCUT2D eigenvalue weighted by atomic mass is 9.98. The molecule has 1 saturated heterocycles. The number of unbranched alkanes of at least 4 members (excludes halogenated alkanes) is 4. The van der Waals surface area contributed by atoms with E-state index in [1.807, 2.05) is 6.07 Å². The number of fused-ring (bicyclic) bond motifs is 1. The predicted molar refractivity (Wildman–Crippen MR) is 136 cm³/mol. The zero-order valence-electron chi connectivity index (χ0n) is 21.5. The number of alkyl halides is 3. The molecular weight excluding hydrogens is 503 g/mol. The van der Waals surface area contributed by atoms with Gasteiger partial charge in [-0.3, -0.25) is 0 Å². The lowest BCUT2D eigenvalue weighted by Crippen LogP contribution is -2.33. The summed E-state index contributed by atoms with van der Waals surface area (Å²) in [5, 5.41) is 1.10. The molecule has 0 atom stereocenters. The Morgan fingerprint density at radius 2 is 1.63 bits per heavy atom. The Hall–Kier alpha value is -2.55. The molecule has 0 saturated carbocycles. The van der Waals surface area contributed by atoms with E-state index in [4.69, 9.17) is 14.2 Å². The van der Waals surface area contributed by atoms with Crippen molar-refractivity contribution in [3.63, 3.8) is 0 Å². The van der Waals surface area contributed by atoms with Gasteiger partial charge < -0.3 is 14.2 Å². The maximum Gasteiger partial charge on any atom is 0.419 e. The van der Waals surface area contributed by atoms with E-state index in [1.54, 1.807) is 24.3 Å². The third kappa shape index (κ3) is 7.30. The van der Waals surface area contributed by atoms with Gasteiger partial charge in [-0.05, 0) is 54.0 Å². The largest absolute Gasteiger partial charge is 0.419 e. The Bertz CT molecular complexity index is 1200. The first-order chi connectivity index (χ1) is 18.3. The molecule has 3 aromatic carbocycles. The van der Waals surface area contributed by atoms with Gasteiger partial charge in [-0.2, -0.15) is 13.2 Å². The Labute approximate surface area is 219 Å². The molecule has 1 aliphatic rings. The first kappa shape index (κ1) is 28.5. The van der Waals surface area contributed by atoms with Gasteiger partial charge in [0.2, 0.25) is 0 Å². The molecule has 0 spiro atoms. The van der Waals surface area contributed by atoms with Crippen LogP contribution in [0, 0.1) is 11.6 Å². The van der Waals surface area contributed by atoms with E-state index in [1.165, 1.54) is 25.3 Å². The van der Waals surface area contributed by atoms with Crippen LogP contribution in [0.4, 0.5) is 22.0 Å². The number of benzene rings is 3. The summed E-state index contributed by atoms with van der Waals surface area (Å²) in [4.78, 5) is 0. The average molecular weight is 537 g/mol. The van der Waals surface area contributed by atoms with Crippen LogP contribution >= 0.6 is 0 Å². The van der Waals surface area contributed by atoms with Crippen LogP contribution in [0.1, 0.15) is 67.6 Å². The van der Waals surface area contributed by atoms with Crippen LogP contribution in [0.5, 0.6) is 0 Å². The topological polar surface area (TPSA) is 27.7 Å². The highest BCUT2D eigenvalue weighted by atomic mass is 19.4. The van der Waals surface area contributed by atoms with Crippen LogP contribution in [0.15, 0.2) is 48.5 Å². The van der Waals surface area contributed by atoms with Gasteiger partial charge in [-0.15, -0.1) is 0 Å². The summed E-state index contributed by atoms with van der Waals surface area (Å²) in [6.45, 7) is 3.73. The van der Waals surface area contributed by atoms with Crippen LogP contribution in [-0.2, 0) is 33.2 Å². The summed E-state index contributed by atoms with van der Waals surface area (Å²) in [6, 6.07) is 11.5. The standard InChI is InChI=1S/C30H33F5O3/c1-2-3-4-5-6-15-36-24-18-37-29(38-19-24)23-12-13-25-22(17-23)11-10-21(28(25)32)9-7-20-8-14-26(27(31)16-20)30(33,34)35/h8,10-14,16-17,24,29H,2-7,9,15,18-19H2,1H3. The molecule has 1 aliphatic heterocycles. The maximum absolute atomic E-state index is 15.2. The molecule has 3 aromatic rings. The summed E-state index contributed by atoms with van der Waals surface area (Å²) < 4.78 is 85.0. The predicted octanol–water partition coefficient (Wildman–Crippen LogP) is 8.32. The highest BCUT2D eigenvalue weighted by molar-refractivity contribution is 5.84. The summed E-state index contributed by atoms with van der Waals surface area (Å²) >= 11 is 0. The minimum atomic E-state index is -4.75. The quantitative estimate of drug-likeness (QED) is 0.182. The zero-order valence-corrected chi connectivity index (χ0v) is 21.5. The highest BCUT2D eigenvalue weighted by Gasteiger charge is 2.33. The molecule has 4 rings (SSSR count). The van der Waals surface area contributed by atoms with Gasteiger partial charge in [0.1, 0.15) is 17.7 Å². The van der Waals surface area contributed by atoms with Crippen molar-refractivity contribution in [2.75, 3.05) is 19.8 Å². The van der Waals surface area contributed by atoms with Crippen molar-refractivity contribution in [2.45, 2.75) is 70.4 Å². The minimum Gasteiger partial charge on any atom is -0.373 e. The van der Waals surface area contributed by atoms with E-state index in [2.05, 4.69) is 6.92 Å². The third-order valence-corrected chi connectivity index (χ3v) is 6.82. The van der Waals surface area contributed by atoms with Crippen molar-refractivity contribution >= 4 is 10.8 Å². The molecule has 1 fully saturated rings. The van der Waals surface area contributed by atoms with Crippen LogP contribution in [0.2, 0.25) is 0 Å². The molecule has 0 radical (unpaired) electrons. The smallest absolute Gasteiger partial charge is 0.373 e. The van der Waals surface area contributed by atoms with Crippen molar-refractivity contribution in [1.82, 2.24) is 0 Å². The minimum absolute atomic E-state index is 0.101. The zero-order chi connectivity index (χ0) is 27.1. The Kier molecular flexibility index (Phi) is 9.74. The molecule has 8 heteroatoms. The van der Waals surface area contributed by atoms with Crippen molar-refractivity contribution < 1.29 is 36.2 Å². The summed E-state index contributed by atoms with van der Waals surface area (Å²) in [5.41, 5.74) is 0.254. The molecule has 206 valence electrons. The van der Waals surface area contributed by atoms with E-state index in [0.717, 1.165) is 30.5 Å². The van der Waals surface area contributed by atoms with Gasteiger partial charge in [0, 0.05) is 17.6 Å². The normalized spacial score (nSPS) is 18.3. The molecule has 1 heterocycles. The second kappa shape index (κ2) is 13.0. The molecule has 0 N–H and O–H groups in total. The summed E-state index contributed by atoms with van der Waals surface area (Å²) in [6.07, 6.45) is 0.905. The average Bonchev–Trinajstić information content (AvgIpc) is 2.90. The van der Waals surface area contributed by atoms with E-state index >= 15 is 4.39 Å². The molecule has 0 aromatic heterocycles. The van der Waals surface area contributed by atoms with Crippen molar-refractivity contribution in [2.24, 2.45) is 0 Å². The van der Waals surface area contributed by atoms with E-state index in [9.17, 15) is 17.6 Å². The second-order valence-corrected chi connectivity index (χ2v) is 9.74. The molecule has 0 aliphatic carbocycles. The highest BCUT2D eigenvalue weighted by Crippen LogP contribution is 2.32. The van der Waals surface area contributed by atoms with Crippen molar-refractivity contribution in [1.29, 1.82) is 0 Å². The van der Waals surface area contributed by atoms with Gasteiger partial charge in [-0.25, -0.2) is 8.78 Å². The van der Waals surface area contributed by atoms with Gasteiger partial charge in [-0.1, -0.05) is 62.9 Å². The molecule has 0 unspecified atom stereocenters. The number of ether oxygens (including phenoxy) is 3. The monoisotopic (exact) mass is 536 g/mol. The number of aryl methyl sites for hydroxylation is 2. The van der Waals surface area contributed by atoms with Gasteiger partial charge >= 0.3 is 6.18 Å². The lowest BCUT2D eigenvalue weighted by Gasteiger charge is -2.29. The number of hydrogen-bond donors (Lipinski definition) is 0. The maximum atomic E-state index is 15.2. The van der Waals surface area contributed by atoms with E-state index in [0.29, 0.717) is 41.7 Å². The molecule has 38 heavy (non-hydrogen) atoms. The van der Waals surface area contributed by atoms with Crippen LogP contribution in [0.25, 0.3) is 10.8 Å². The molecule has 3 nitrogen and oxygen atoms in total. The van der Waals surface area contributed by atoms with Gasteiger partial charge in [0.05, 0.1) is 18.8 Å². The third-order valence-electron chi connectivity index (χ3n) is 6.82. The fourth-order valence-electron chi connectivity index (χ4n) is 4.65. The summed E-state index contributed by atoms with van der Waals surface area (Å²) in [5.74, 6) is -1.73. The van der Waals surface area contributed by atoms with E-state index < -0.39 is 29.7 Å². The SMILES string of the molecule is CCCCCCCOC1COC(c2ccc3c(F)c(CCc4ccc(C(F)(F)F)c(F)c4)ccc3c2)OC1. The molecule has 0 bridgehead atoms. The van der Waals surface area contributed by atoms with Crippen LogP contribution < -0.4 is 0 Å². The Morgan fingerprint density at radius 1 is 0.868 bits per heavy atom. The fraction of sp³-hybridized carbons (Fsp3) is 0.467.